The second kappa shape index (κ2) is 4.97. The number of anilines is 2. The zero-order chi connectivity index (χ0) is 13.1. The summed E-state index contributed by atoms with van der Waals surface area (Å²) < 4.78 is 13.1. The van der Waals surface area contributed by atoms with Gasteiger partial charge in [-0.2, -0.15) is 0 Å². The van der Waals surface area contributed by atoms with Crippen molar-refractivity contribution in [2.45, 2.75) is 0 Å². The molecule has 7 heteroatoms. The minimum Gasteiger partial charge on any atom is -0.399 e. The summed E-state index contributed by atoms with van der Waals surface area (Å²) >= 11 is 5.55. The van der Waals surface area contributed by atoms with Gasteiger partial charge in [0, 0.05) is 11.3 Å². The first-order chi connectivity index (χ1) is 8.54. The lowest BCUT2D eigenvalue weighted by atomic mass is 10.2. The molecule has 0 unspecified atom stereocenters. The first-order valence-corrected chi connectivity index (χ1v) is 5.29. The van der Waals surface area contributed by atoms with Crippen LogP contribution in [-0.2, 0) is 0 Å². The molecule has 1 amide bonds. The summed E-state index contributed by atoms with van der Waals surface area (Å²) in [7, 11) is 0. The summed E-state index contributed by atoms with van der Waals surface area (Å²) in [6.07, 6.45) is 0. The minimum atomic E-state index is -0.581. The topological polar surface area (TPSA) is 80.9 Å². The van der Waals surface area contributed by atoms with Crippen molar-refractivity contribution in [2.75, 3.05) is 11.1 Å². The Morgan fingerprint density at radius 1 is 1.28 bits per heavy atom. The molecule has 0 aliphatic heterocycles. The van der Waals surface area contributed by atoms with Gasteiger partial charge >= 0.3 is 0 Å². The number of nitrogens with one attached hydrogen (secondary N) is 1. The third kappa shape index (κ3) is 2.92. The van der Waals surface area contributed by atoms with Crippen molar-refractivity contribution in [1.82, 2.24) is 10.2 Å². The molecule has 0 radical (unpaired) electrons. The maximum Gasteiger partial charge on any atom is 0.257 e. The van der Waals surface area contributed by atoms with E-state index < -0.39 is 11.7 Å². The summed E-state index contributed by atoms with van der Waals surface area (Å²) in [5.74, 6) is -0.896. The molecule has 0 saturated heterocycles. The Balaban J connectivity index is 2.19. The molecule has 0 atom stereocenters. The zero-order valence-electron chi connectivity index (χ0n) is 9.02. The Kier molecular flexibility index (Phi) is 3.38. The first kappa shape index (κ1) is 12.3. The van der Waals surface area contributed by atoms with Crippen LogP contribution in [0.4, 0.5) is 15.9 Å². The predicted octanol–water partition coefficient (Wildman–Crippen LogP) is 2.10. The van der Waals surface area contributed by atoms with Crippen molar-refractivity contribution in [3.63, 3.8) is 0 Å². The highest BCUT2D eigenvalue weighted by molar-refractivity contribution is 6.29. The first-order valence-electron chi connectivity index (χ1n) is 4.91. The van der Waals surface area contributed by atoms with Gasteiger partial charge < -0.3 is 11.1 Å². The number of carbonyl (C=O) groups excluding carboxylic acids is 1. The molecule has 0 fully saturated rings. The van der Waals surface area contributed by atoms with E-state index in [1.165, 1.54) is 18.2 Å². The van der Waals surface area contributed by atoms with Crippen LogP contribution in [0, 0.1) is 5.82 Å². The third-order valence-corrected chi connectivity index (χ3v) is 2.26. The SMILES string of the molecule is Nc1cc(F)cc(C(=O)Nc2ccc(Cl)nn2)c1. The van der Waals surface area contributed by atoms with Crippen LogP contribution in [0.1, 0.15) is 10.4 Å². The van der Waals surface area contributed by atoms with Gasteiger partial charge in [0.2, 0.25) is 0 Å². The number of nitrogen functional groups attached to an aromatic ring is 1. The van der Waals surface area contributed by atoms with Crippen LogP contribution in [0.2, 0.25) is 5.15 Å². The molecule has 0 spiro atoms. The Labute approximate surface area is 107 Å². The number of aromatic nitrogens is 2. The number of rotatable bonds is 2. The zero-order valence-corrected chi connectivity index (χ0v) is 9.78. The van der Waals surface area contributed by atoms with Crippen molar-refractivity contribution in [3.8, 4) is 0 Å². The number of amides is 1. The molecule has 0 aliphatic rings. The minimum absolute atomic E-state index is 0.101. The molecule has 1 heterocycles. The lowest BCUT2D eigenvalue weighted by Crippen LogP contribution is -2.14. The Hall–Kier alpha value is -2.21. The number of hydrogen-bond donors (Lipinski definition) is 2. The standard InChI is InChI=1S/C11H8ClFN4O/c12-9-1-2-10(17-16-9)15-11(18)6-3-7(13)5-8(14)4-6/h1-5H,14H2,(H,15,17,18). The molecule has 92 valence electrons. The highest BCUT2D eigenvalue weighted by Gasteiger charge is 2.09. The summed E-state index contributed by atoms with van der Waals surface area (Å²) in [5.41, 5.74) is 5.72. The van der Waals surface area contributed by atoms with Gasteiger partial charge in [-0.25, -0.2) is 4.39 Å². The molecule has 0 aliphatic carbocycles. The number of halogens is 2. The molecule has 3 N–H and O–H groups in total. The predicted molar refractivity (Wildman–Crippen MR) is 65.8 cm³/mol. The summed E-state index contributed by atoms with van der Waals surface area (Å²) in [5, 5.41) is 9.87. The van der Waals surface area contributed by atoms with E-state index in [1.807, 2.05) is 0 Å². The van der Waals surface area contributed by atoms with Gasteiger partial charge in [0.1, 0.15) is 5.82 Å². The van der Waals surface area contributed by atoms with Crippen LogP contribution in [-0.4, -0.2) is 16.1 Å². The number of carbonyl (C=O) groups is 1. The van der Waals surface area contributed by atoms with E-state index in [4.69, 9.17) is 17.3 Å². The van der Waals surface area contributed by atoms with Crippen LogP contribution in [0.3, 0.4) is 0 Å². The number of hydrogen-bond acceptors (Lipinski definition) is 4. The van der Waals surface area contributed by atoms with E-state index in [0.717, 1.165) is 12.1 Å². The molecular weight excluding hydrogens is 259 g/mol. The van der Waals surface area contributed by atoms with E-state index in [-0.39, 0.29) is 22.2 Å². The lowest BCUT2D eigenvalue weighted by Gasteiger charge is -2.04. The van der Waals surface area contributed by atoms with Gasteiger partial charge in [-0.1, -0.05) is 11.6 Å². The quantitative estimate of drug-likeness (QED) is 0.816. The molecular formula is C11H8ClFN4O. The highest BCUT2D eigenvalue weighted by Crippen LogP contribution is 2.13. The van der Waals surface area contributed by atoms with Gasteiger partial charge in [-0.3, -0.25) is 4.79 Å². The number of nitrogens with two attached hydrogens (primary N) is 1. The molecule has 2 aromatic rings. The van der Waals surface area contributed by atoms with Crippen molar-refractivity contribution in [2.24, 2.45) is 0 Å². The van der Waals surface area contributed by atoms with Gasteiger partial charge in [0.25, 0.3) is 5.91 Å². The maximum absolute atomic E-state index is 13.1. The molecule has 1 aromatic heterocycles. The second-order valence-electron chi connectivity index (χ2n) is 3.47. The molecule has 0 bridgehead atoms. The van der Waals surface area contributed by atoms with Gasteiger partial charge in [0.15, 0.2) is 11.0 Å². The van der Waals surface area contributed by atoms with Crippen LogP contribution in [0.15, 0.2) is 30.3 Å². The number of benzene rings is 1. The average Bonchev–Trinajstić information content (AvgIpc) is 2.31. The highest BCUT2D eigenvalue weighted by atomic mass is 35.5. The van der Waals surface area contributed by atoms with E-state index in [1.54, 1.807) is 0 Å². The van der Waals surface area contributed by atoms with Crippen molar-refractivity contribution >= 4 is 29.0 Å². The number of nitrogens with zero attached hydrogens (tertiary/aromatic N) is 2. The van der Waals surface area contributed by atoms with Crippen molar-refractivity contribution in [3.05, 3.63) is 46.9 Å². The Bertz CT molecular complexity index is 568. The smallest absolute Gasteiger partial charge is 0.257 e. The van der Waals surface area contributed by atoms with Crippen molar-refractivity contribution < 1.29 is 9.18 Å². The Morgan fingerprint density at radius 3 is 2.67 bits per heavy atom. The molecule has 5 nitrogen and oxygen atoms in total. The van der Waals surface area contributed by atoms with Crippen molar-refractivity contribution in [1.29, 1.82) is 0 Å². The summed E-state index contributed by atoms with van der Waals surface area (Å²) in [6.45, 7) is 0. The normalized spacial score (nSPS) is 10.1. The van der Waals surface area contributed by atoms with Crippen LogP contribution in [0.25, 0.3) is 0 Å². The van der Waals surface area contributed by atoms with Gasteiger partial charge in [-0.15, -0.1) is 10.2 Å². The van der Waals surface area contributed by atoms with Gasteiger partial charge in [0.05, 0.1) is 0 Å². The summed E-state index contributed by atoms with van der Waals surface area (Å²) in [4.78, 5) is 11.8. The summed E-state index contributed by atoms with van der Waals surface area (Å²) in [6, 6.07) is 6.52. The van der Waals surface area contributed by atoms with E-state index >= 15 is 0 Å². The fourth-order valence-electron chi connectivity index (χ4n) is 1.31. The van der Waals surface area contributed by atoms with Gasteiger partial charge in [-0.05, 0) is 30.3 Å². The fourth-order valence-corrected chi connectivity index (χ4v) is 1.42. The Morgan fingerprint density at radius 2 is 2.06 bits per heavy atom. The largest absolute Gasteiger partial charge is 0.399 e. The molecule has 18 heavy (non-hydrogen) atoms. The van der Waals surface area contributed by atoms with E-state index in [0.29, 0.717) is 0 Å². The van der Waals surface area contributed by atoms with Crippen LogP contribution >= 0.6 is 11.6 Å². The second-order valence-corrected chi connectivity index (χ2v) is 3.86. The third-order valence-electron chi connectivity index (χ3n) is 2.06. The van der Waals surface area contributed by atoms with Crippen LogP contribution < -0.4 is 11.1 Å². The van der Waals surface area contributed by atoms with E-state index in [9.17, 15) is 9.18 Å². The lowest BCUT2D eigenvalue weighted by molar-refractivity contribution is 0.102. The molecule has 0 saturated carbocycles. The van der Waals surface area contributed by atoms with E-state index in [2.05, 4.69) is 15.5 Å². The monoisotopic (exact) mass is 266 g/mol. The molecule has 2 rings (SSSR count). The maximum atomic E-state index is 13.1. The van der Waals surface area contributed by atoms with Crippen LogP contribution in [0.5, 0.6) is 0 Å². The fraction of sp³-hybridized carbons (Fsp3) is 0. The average molecular weight is 267 g/mol. The molecule has 1 aromatic carbocycles.